The standard InChI is InChI=1S/C32H38N6O/c1-22-18-25(14-15-27(22)32(33)16-9-17-32)29-26(24-12-7-4-8-13-24)21-38-31(35-29)34-19-28(36-38)30(39)37(2)20-23-10-5-3-6-11-23/h3-8,10-14,21-22,27-28,36H,9,15-20,33H2,1-2H3. The second-order valence-corrected chi connectivity index (χ2v) is 11.6. The second kappa shape index (κ2) is 10.5. The summed E-state index contributed by atoms with van der Waals surface area (Å²) in [6.07, 6.45) is 9.90. The number of likely N-dealkylation sites (N-methyl/N-ethyl adjacent to an activating group) is 1. The summed E-state index contributed by atoms with van der Waals surface area (Å²) in [6, 6.07) is 19.9. The molecule has 0 radical (unpaired) electrons. The van der Waals surface area contributed by atoms with Gasteiger partial charge in [-0.3, -0.25) is 4.79 Å². The summed E-state index contributed by atoms with van der Waals surface area (Å²) >= 11 is 0. The van der Waals surface area contributed by atoms with Crippen LogP contribution in [0.4, 0.5) is 0 Å². The van der Waals surface area contributed by atoms with Crippen LogP contribution in [0.5, 0.6) is 0 Å². The van der Waals surface area contributed by atoms with Crippen LogP contribution in [0.2, 0.25) is 0 Å². The van der Waals surface area contributed by atoms with E-state index in [4.69, 9.17) is 15.7 Å². The maximum absolute atomic E-state index is 13.3. The molecule has 3 N–H and O–H groups in total. The van der Waals surface area contributed by atoms with Crippen LogP contribution in [0.25, 0.3) is 5.57 Å². The zero-order chi connectivity index (χ0) is 27.0. The fraction of sp³-hybridized carbons (Fsp3) is 0.406. The molecule has 3 unspecified atom stereocenters. The number of nitrogens with zero attached hydrogens (tertiary/aromatic N) is 4. The van der Waals surface area contributed by atoms with Crippen molar-refractivity contribution in [3.63, 3.8) is 0 Å². The predicted molar refractivity (Wildman–Crippen MR) is 157 cm³/mol. The number of nitrogens with two attached hydrogens (primary N) is 1. The number of hydrazine groups is 1. The lowest BCUT2D eigenvalue weighted by Crippen LogP contribution is -2.57. The van der Waals surface area contributed by atoms with Gasteiger partial charge in [0.05, 0.1) is 12.3 Å². The molecular weight excluding hydrogens is 484 g/mol. The maximum Gasteiger partial charge on any atom is 0.243 e. The van der Waals surface area contributed by atoms with Gasteiger partial charge < -0.3 is 10.6 Å². The summed E-state index contributed by atoms with van der Waals surface area (Å²) in [5.41, 5.74) is 15.6. The Kier molecular flexibility index (Phi) is 6.95. The third kappa shape index (κ3) is 5.09. The fourth-order valence-electron chi connectivity index (χ4n) is 6.48. The van der Waals surface area contributed by atoms with Crippen molar-refractivity contribution >= 4 is 23.2 Å². The summed E-state index contributed by atoms with van der Waals surface area (Å²) in [5.74, 6) is 1.63. The monoisotopic (exact) mass is 522 g/mol. The zero-order valence-electron chi connectivity index (χ0n) is 22.9. The van der Waals surface area contributed by atoms with Crippen LogP contribution in [0.15, 0.2) is 88.5 Å². The van der Waals surface area contributed by atoms with E-state index in [2.05, 4.69) is 48.9 Å². The molecule has 2 aromatic carbocycles. The maximum atomic E-state index is 13.3. The molecule has 39 heavy (non-hydrogen) atoms. The Morgan fingerprint density at radius 3 is 2.51 bits per heavy atom. The van der Waals surface area contributed by atoms with Crippen molar-refractivity contribution in [1.29, 1.82) is 0 Å². The van der Waals surface area contributed by atoms with E-state index in [-0.39, 0.29) is 11.4 Å². The average molecular weight is 523 g/mol. The number of benzene rings is 2. The van der Waals surface area contributed by atoms with Crippen molar-refractivity contribution in [1.82, 2.24) is 15.3 Å². The highest BCUT2D eigenvalue weighted by Gasteiger charge is 2.44. The molecule has 202 valence electrons. The lowest BCUT2D eigenvalue weighted by molar-refractivity contribution is -0.133. The smallest absolute Gasteiger partial charge is 0.243 e. The van der Waals surface area contributed by atoms with Gasteiger partial charge in [0, 0.05) is 30.9 Å². The third-order valence-corrected chi connectivity index (χ3v) is 8.85. The van der Waals surface area contributed by atoms with Crippen molar-refractivity contribution in [2.75, 3.05) is 13.6 Å². The van der Waals surface area contributed by atoms with Crippen LogP contribution >= 0.6 is 0 Å². The van der Waals surface area contributed by atoms with Gasteiger partial charge in [0.1, 0.15) is 6.04 Å². The van der Waals surface area contributed by atoms with Crippen LogP contribution in [-0.2, 0) is 11.3 Å². The Morgan fingerprint density at radius 1 is 1.13 bits per heavy atom. The van der Waals surface area contributed by atoms with Gasteiger partial charge in [-0.15, -0.1) is 0 Å². The summed E-state index contributed by atoms with van der Waals surface area (Å²) in [4.78, 5) is 24.9. The lowest BCUT2D eigenvalue weighted by Gasteiger charge is -2.49. The Labute approximate surface area is 231 Å². The van der Waals surface area contributed by atoms with Crippen LogP contribution in [0.1, 0.15) is 50.2 Å². The number of hydrogen-bond acceptors (Lipinski definition) is 6. The number of aliphatic imine (C=N–C) groups is 2. The zero-order valence-corrected chi connectivity index (χ0v) is 22.9. The second-order valence-electron chi connectivity index (χ2n) is 11.6. The fourth-order valence-corrected chi connectivity index (χ4v) is 6.48. The van der Waals surface area contributed by atoms with Crippen LogP contribution < -0.4 is 11.2 Å². The molecule has 4 aliphatic rings. The van der Waals surface area contributed by atoms with E-state index in [1.807, 2.05) is 48.5 Å². The number of amides is 1. The SMILES string of the molecule is CC1CC(C2=NC3=NCC(C(=O)N(C)Cc4ccccc4)NN3C=C2c2ccccc2)=CCC1C1(N)CCC1. The molecule has 7 nitrogen and oxygen atoms in total. The molecule has 2 aliphatic heterocycles. The molecule has 2 aliphatic carbocycles. The number of guanidine groups is 1. The quantitative estimate of drug-likeness (QED) is 0.583. The molecule has 3 atom stereocenters. The molecule has 0 aromatic heterocycles. The van der Waals surface area contributed by atoms with Crippen LogP contribution in [-0.4, -0.2) is 52.7 Å². The molecule has 1 saturated carbocycles. The number of rotatable bonds is 6. The highest BCUT2D eigenvalue weighted by Crippen LogP contribution is 2.46. The van der Waals surface area contributed by atoms with Gasteiger partial charge >= 0.3 is 0 Å². The molecule has 2 aromatic rings. The number of hydrogen-bond donors (Lipinski definition) is 2. The molecule has 2 heterocycles. The average Bonchev–Trinajstić information content (AvgIpc) is 2.95. The summed E-state index contributed by atoms with van der Waals surface area (Å²) in [6.45, 7) is 3.25. The van der Waals surface area contributed by atoms with Crippen molar-refractivity contribution in [2.24, 2.45) is 27.6 Å². The van der Waals surface area contributed by atoms with Crippen molar-refractivity contribution in [2.45, 2.75) is 57.2 Å². The summed E-state index contributed by atoms with van der Waals surface area (Å²) < 4.78 is 0. The van der Waals surface area contributed by atoms with Crippen molar-refractivity contribution in [3.8, 4) is 0 Å². The predicted octanol–water partition coefficient (Wildman–Crippen LogP) is 4.54. The van der Waals surface area contributed by atoms with Crippen molar-refractivity contribution in [3.05, 3.63) is 89.6 Å². The largest absolute Gasteiger partial charge is 0.340 e. The normalized spacial score (nSPS) is 25.8. The molecular formula is C32H38N6O. The Morgan fingerprint density at radius 2 is 1.85 bits per heavy atom. The molecule has 0 bridgehead atoms. The highest BCUT2D eigenvalue weighted by atomic mass is 16.2. The first kappa shape index (κ1) is 25.7. The van der Waals surface area contributed by atoms with Crippen molar-refractivity contribution < 1.29 is 4.79 Å². The lowest BCUT2D eigenvalue weighted by atomic mass is 9.61. The van der Waals surface area contributed by atoms with E-state index in [0.29, 0.717) is 30.9 Å². The van der Waals surface area contributed by atoms with E-state index < -0.39 is 6.04 Å². The topological polar surface area (TPSA) is 86.3 Å². The molecule has 7 heteroatoms. The Bertz CT molecular complexity index is 1340. The number of carbonyl (C=O) groups excluding carboxylic acids is 1. The Balaban J connectivity index is 1.26. The van der Waals surface area contributed by atoms with Crippen LogP contribution in [0, 0.1) is 11.8 Å². The van der Waals surface area contributed by atoms with E-state index >= 15 is 0 Å². The van der Waals surface area contributed by atoms with Gasteiger partial charge in [-0.2, -0.15) is 0 Å². The summed E-state index contributed by atoms with van der Waals surface area (Å²) in [5, 5.41) is 1.83. The minimum absolute atomic E-state index is 0.00266. The van der Waals surface area contributed by atoms with Gasteiger partial charge in [-0.05, 0) is 60.6 Å². The van der Waals surface area contributed by atoms with E-state index in [0.717, 1.165) is 48.1 Å². The number of carbonyl (C=O) groups is 1. The molecule has 6 rings (SSSR count). The van der Waals surface area contributed by atoms with Gasteiger partial charge in [-0.1, -0.05) is 73.7 Å². The van der Waals surface area contributed by atoms with Gasteiger partial charge in [-0.25, -0.2) is 20.4 Å². The molecule has 1 amide bonds. The van der Waals surface area contributed by atoms with Gasteiger partial charge in [0.15, 0.2) is 0 Å². The number of allylic oxidation sites excluding steroid dienone is 3. The third-order valence-electron chi connectivity index (χ3n) is 8.85. The first-order valence-corrected chi connectivity index (χ1v) is 14.1. The van der Waals surface area contributed by atoms with E-state index in [1.54, 1.807) is 4.90 Å². The van der Waals surface area contributed by atoms with E-state index in [1.165, 1.54) is 12.0 Å². The first-order valence-electron chi connectivity index (χ1n) is 14.1. The minimum atomic E-state index is -0.453. The van der Waals surface area contributed by atoms with Gasteiger partial charge in [0.25, 0.3) is 0 Å². The highest BCUT2D eigenvalue weighted by molar-refractivity contribution is 6.35. The van der Waals surface area contributed by atoms with Crippen LogP contribution in [0.3, 0.4) is 0 Å². The summed E-state index contributed by atoms with van der Waals surface area (Å²) in [7, 11) is 1.84. The molecule has 0 spiro atoms. The minimum Gasteiger partial charge on any atom is -0.340 e. The number of nitrogens with one attached hydrogen (secondary N) is 1. The van der Waals surface area contributed by atoms with Gasteiger partial charge in [0.2, 0.25) is 11.9 Å². The first-order chi connectivity index (χ1) is 18.9. The Hall–Kier alpha value is -3.55. The number of fused-ring (bicyclic) bond motifs is 1. The molecule has 1 fully saturated rings. The molecule has 0 saturated heterocycles. The van der Waals surface area contributed by atoms with E-state index in [9.17, 15) is 4.79 Å².